The molecule has 0 radical (unpaired) electrons. The van der Waals surface area contributed by atoms with E-state index in [0.717, 1.165) is 10.9 Å². The van der Waals surface area contributed by atoms with Crippen molar-refractivity contribution in [1.82, 2.24) is 14.2 Å². The molecule has 6 nitrogen and oxygen atoms in total. The van der Waals surface area contributed by atoms with Gasteiger partial charge in [0.2, 0.25) is 10.0 Å². The molecule has 1 aromatic heterocycles. The zero-order valence-electron chi connectivity index (χ0n) is 15.3. The molecule has 0 saturated carbocycles. The van der Waals surface area contributed by atoms with Crippen molar-refractivity contribution in [1.29, 1.82) is 0 Å². The van der Waals surface area contributed by atoms with Gasteiger partial charge in [-0.25, -0.2) is 8.42 Å². The predicted octanol–water partition coefficient (Wildman–Crippen LogP) is 3.69. The number of amides is 1. The van der Waals surface area contributed by atoms with Crippen molar-refractivity contribution < 1.29 is 13.2 Å². The van der Waals surface area contributed by atoms with E-state index in [0.29, 0.717) is 5.56 Å². The first-order valence-electron chi connectivity index (χ1n) is 8.97. The lowest BCUT2D eigenvalue weighted by Crippen LogP contribution is -2.50. The second kappa shape index (κ2) is 7.91. The van der Waals surface area contributed by atoms with Crippen molar-refractivity contribution in [2.24, 2.45) is 0 Å². The van der Waals surface area contributed by atoms with Crippen LogP contribution in [0, 0.1) is 0 Å². The molecule has 29 heavy (non-hydrogen) atoms. The van der Waals surface area contributed by atoms with Gasteiger partial charge in [-0.2, -0.15) is 4.31 Å². The van der Waals surface area contributed by atoms with E-state index < -0.39 is 10.0 Å². The van der Waals surface area contributed by atoms with E-state index in [9.17, 15) is 13.2 Å². The highest BCUT2D eigenvalue weighted by Gasteiger charge is 2.32. The fraction of sp³-hybridized carbons (Fsp3) is 0.200. The summed E-state index contributed by atoms with van der Waals surface area (Å²) in [6.45, 7) is 0.930. The first-order valence-corrected chi connectivity index (χ1v) is 11.2. The van der Waals surface area contributed by atoms with Gasteiger partial charge in [0.15, 0.2) is 0 Å². The molecule has 150 valence electrons. The van der Waals surface area contributed by atoms with Crippen LogP contribution in [0.3, 0.4) is 0 Å². The molecule has 0 unspecified atom stereocenters. The Balaban J connectivity index is 1.53. The van der Waals surface area contributed by atoms with Crippen molar-refractivity contribution >= 4 is 50.0 Å². The van der Waals surface area contributed by atoms with Gasteiger partial charge in [0.1, 0.15) is 4.90 Å². The molecule has 1 aliphatic rings. The number of para-hydroxylation sites is 1. The van der Waals surface area contributed by atoms with E-state index in [2.05, 4.69) is 4.98 Å². The average Bonchev–Trinajstić information content (AvgIpc) is 2.74. The van der Waals surface area contributed by atoms with E-state index in [1.807, 2.05) is 24.3 Å². The molecule has 3 aromatic rings. The van der Waals surface area contributed by atoms with Gasteiger partial charge < -0.3 is 4.90 Å². The van der Waals surface area contributed by atoms with Crippen LogP contribution in [-0.4, -0.2) is 54.7 Å². The van der Waals surface area contributed by atoms with Crippen LogP contribution in [0.25, 0.3) is 10.9 Å². The summed E-state index contributed by atoms with van der Waals surface area (Å²) < 4.78 is 27.2. The van der Waals surface area contributed by atoms with Crippen molar-refractivity contribution in [3.05, 3.63) is 70.3 Å². The minimum absolute atomic E-state index is 0.0101. The van der Waals surface area contributed by atoms with Crippen molar-refractivity contribution in [3.63, 3.8) is 0 Å². The van der Waals surface area contributed by atoms with Crippen LogP contribution in [0.5, 0.6) is 0 Å². The summed E-state index contributed by atoms with van der Waals surface area (Å²) in [6, 6.07) is 13.7. The molecule has 1 fully saturated rings. The third-order valence-electron chi connectivity index (χ3n) is 4.94. The van der Waals surface area contributed by atoms with Crippen LogP contribution in [0.1, 0.15) is 10.4 Å². The summed E-state index contributed by atoms with van der Waals surface area (Å²) in [5.41, 5.74) is 1.31. The Labute approximate surface area is 178 Å². The number of hydrogen-bond acceptors (Lipinski definition) is 4. The summed E-state index contributed by atoms with van der Waals surface area (Å²) in [5.74, 6) is -0.138. The van der Waals surface area contributed by atoms with Crippen molar-refractivity contribution in [3.8, 4) is 0 Å². The molecular weight excluding hydrogens is 433 g/mol. The number of aromatic nitrogens is 1. The van der Waals surface area contributed by atoms with Crippen LogP contribution in [0.2, 0.25) is 10.0 Å². The second-order valence-electron chi connectivity index (χ2n) is 6.62. The Kier molecular flexibility index (Phi) is 5.48. The predicted molar refractivity (Wildman–Crippen MR) is 113 cm³/mol. The minimum Gasteiger partial charge on any atom is -0.336 e. The second-order valence-corrected chi connectivity index (χ2v) is 9.32. The van der Waals surface area contributed by atoms with Crippen molar-refractivity contribution in [2.75, 3.05) is 26.2 Å². The number of nitrogens with zero attached hydrogens (tertiary/aromatic N) is 3. The SMILES string of the molecule is O=C(c1ccnc2ccccc12)N1CCN(S(=O)(=O)c2cccc(Cl)c2Cl)CC1. The lowest BCUT2D eigenvalue weighted by Gasteiger charge is -2.34. The fourth-order valence-corrected chi connectivity index (χ4v) is 5.56. The van der Waals surface area contributed by atoms with E-state index in [4.69, 9.17) is 23.2 Å². The highest BCUT2D eigenvalue weighted by atomic mass is 35.5. The maximum atomic E-state index is 13.0. The Morgan fingerprint density at radius 2 is 1.66 bits per heavy atom. The number of sulfonamides is 1. The van der Waals surface area contributed by atoms with E-state index >= 15 is 0 Å². The largest absolute Gasteiger partial charge is 0.336 e. The van der Waals surface area contributed by atoms with Gasteiger partial charge in [0, 0.05) is 37.8 Å². The number of benzene rings is 2. The number of pyridine rings is 1. The zero-order valence-corrected chi connectivity index (χ0v) is 17.6. The van der Waals surface area contributed by atoms with Crippen LogP contribution in [0.15, 0.2) is 59.6 Å². The molecule has 0 N–H and O–H groups in total. The number of hydrogen-bond donors (Lipinski definition) is 0. The lowest BCUT2D eigenvalue weighted by molar-refractivity contribution is 0.0700. The molecule has 0 atom stereocenters. The van der Waals surface area contributed by atoms with E-state index in [1.165, 1.54) is 10.4 Å². The summed E-state index contributed by atoms with van der Waals surface area (Å²) in [4.78, 5) is 18.9. The van der Waals surface area contributed by atoms with Gasteiger partial charge in [-0.3, -0.25) is 9.78 Å². The van der Waals surface area contributed by atoms with Crippen LogP contribution < -0.4 is 0 Å². The molecule has 0 spiro atoms. The van der Waals surface area contributed by atoms with E-state index in [-0.39, 0.29) is 47.0 Å². The lowest BCUT2D eigenvalue weighted by atomic mass is 10.1. The molecule has 2 aromatic carbocycles. The first kappa shape index (κ1) is 20.1. The summed E-state index contributed by atoms with van der Waals surface area (Å²) in [5, 5.41) is 0.975. The van der Waals surface area contributed by atoms with Crippen molar-refractivity contribution in [2.45, 2.75) is 4.90 Å². The maximum Gasteiger partial charge on any atom is 0.254 e. The number of halogens is 2. The van der Waals surface area contributed by atoms with Gasteiger partial charge in [0.05, 0.1) is 21.1 Å². The molecule has 1 saturated heterocycles. The molecule has 1 aliphatic heterocycles. The average molecular weight is 450 g/mol. The van der Waals surface area contributed by atoms with E-state index in [1.54, 1.807) is 29.3 Å². The van der Waals surface area contributed by atoms with Gasteiger partial charge in [-0.15, -0.1) is 0 Å². The standard InChI is InChI=1S/C20H17Cl2N3O3S/c21-16-5-3-7-18(19(16)22)29(27,28)25-12-10-24(11-13-25)20(26)15-8-9-23-17-6-2-1-4-14(15)17/h1-9H,10-13H2. The molecule has 0 aliphatic carbocycles. The molecule has 9 heteroatoms. The highest BCUT2D eigenvalue weighted by molar-refractivity contribution is 7.89. The monoisotopic (exact) mass is 449 g/mol. The Morgan fingerprint density at radius 3 is 2.41 bits per heavy atom. The number of piperazine rings is 1. The summed E-state index contributed by atoms with van der Waals surface area (Å²) in [6.07, 6.45) is 1.61. The van der Waals surface area contributed by atoms with Gasteiger partial charge in [-0.1, -0.05) is 47.5 Å². The molecule has 4 rings (SSSR count). The topological polar surface area (TPSA) is 70.6 Å². The first-order chi connectivity index (χ1) is 13.9. The Hall–Kier alpha value is -2.19. The summed E-state index contributed by atoms with van der Waals surface area (Å²) >= 11 is 12.1. The Morgan fingerprint density at radius 1 is 0.931 bits per heavy atom. The fourth-order valence-electron chi connectivity index (χ4n) is 3.41. The van der Waals surface area contributed by atoms with Gasteiger partial charge >= 0.3 is 0 Å². The number of carbonyl (C=O) groups excluding carboxylic acids is 1. The third kappa shape index (κ3) is 3.71. The highest BCUT2D eigenvalue weighted by Crippen LogP contribution is 2.31. The van der Waals surface area contributed by atoms with Crippen LogP contribution >= 0.6 is 23.2 Å². The molecule has 0 bridgehead atoms. The van der Waals surface area contributed by atoms with Crippen LogP contribution in [0.4, 0.5) is 0 Å². The normalized spacial score (nSPS) is 15.6. The third-order valence-corrected chi connectivity index (χ3v) is 7.81. The Bertz CT molecular complexity index is 1190. The van der Waals surface area contributed by atoms with Gasteiger partial charge in [-0.05, 0) is 24.3 Å². The number of fused-ring (bicyclic) bond motifs is 1. The van der Waals surface area contributed by atoms with Gasteiger partial charge in [0.25, 0.3) is 5.91 Å². The van der Waals surface area contributed by atoms with Crippen LogP contribution in [-0.2, 0) is 10.0 Å². The smallest absolute Gasteiger partial charge is 0.254 e. The number of rotatable bonds is 3. The quantitative estimate of drug-likeness (QED) is 0.611. The molecule has 1 amide bonds. The molecular formula is C20H17Cl2N3O3S. The zero-order chi connectivity index (χ0) is 20.6. The maximum absolute atomic E-state index is 13.0. The minimum atomic E-state index is -3.79. The molecule has 2 heterocycles. The number of carbonyl (C=O) groups is 1. The summed E-state index contributed by atoms with van der Waals surface area (Å²) in [7, 11) is -3.79.